The van der Waals surface area contributed by atoms with Crippen LogP contribution in [0.2, 0.25) is 0 Å². The van der Waals surface area contributed by atoms with Gasteiger partial charge in [-0.1, -0.05) is 0 Å². The van der Waals surface area contributed by atoms with E-state index in [9.17, 15) is 4.79 Å². The molecule has 1 fully saturated rings. The van der Waals surface area contributed by atoms with Gasteiger partial charge in [0.2, 0.25) is 0 Å². The number of amides is 1. The zero-order valence-electron chi connectivity index (χ0n) is 14.5. The Morgan fingerprint density at radius 1 is 1.38 bits per heavy atom. The van der Waals surface area contributed by atoms with Crippen LogP contribution in [0.5, 0.6) is 0 Å². The maximum Gasteiger partial charge on any atom is 0.407 e. The number of fused-ring (bicyclic) bond motifs is 1. The summed E-state index contributed by atoms with van der Waals surface area (Å²) in [5.74, 6) is 1.46. The molecule has 7 nitrogen and oxygen atoms in total. The lowest BCUT2D eigenvalue weighted by molar-refractivity contribution is 0.0517. The number of aromatic nitrogens is 3. The molecule has 2 aromatic heterocycles. The number of anilines is 1. The van der Waals surface area contributed by atoms with E-state index in [-0.39, 0.29) is 6.09 Å². The van der Waals surface area contributed by atoms with Gasteiger partial charge < -0.3 is 19.9 Å². The molecule has 24 heavy (non-hydrogen) atoms. The van der Waals surface area contributed by atoms with E-state index in [0.717, 1.165) is 42.8 Å². The third kappa shape index (κ3) is 3.96. The summed E-state index contributed by atoms with van der Waals surface area (Å²) in [5, 5.41) is 3.94. The molecule has 0 atom stereocenters. The van der Waals surface area contributed by atoms with Crippen molar-refractivity contribution >= 4 is 22.9 Å². The van der Waals surface area contributed by atoms with Crippen molar-refractivity contribution in [1.82, 2.24) is 20.3 Å². The van der Waals surface area contributed by atoms with Crippen molar-refractivity contribution in [2.75, 3.05) is 24.5 Å². The average Bonchev–Trinajstić information content (AvgIpc) is 3.00. The van der Waals surface area contributed by atoms with E-state index in [1.54, 1.807) is 6.33 Å². The zero-order valence-corrected chi connectivity index (χ0v) is 14.5. The van der Waals surface area contributed by atoms with Gasteiger partial charge in [0.05, 0.1) is 5.39 Å². The Bertz CT molecular complexity index is 698. The number of aromatic amines is 1. The van der Waals surface area contributed by atoms with Crippen molar-refractivity contribution in [2.24, 2.45) is 5.92 Å². The molecular weight excluding hydrogens is 306 g/mol. The maximum atomic E-state index is 11.7. The van der Waals surface area contributed by atoms with Gasteiger partial charge in [0, 0.05) is 25.8 Å². The highest BCUT2D eigenvalue weighted by Crippen LogP contribution is 2.26. The highest BCUT2D eigenvalue weighted by Gasteiger charge is 2.23. The number of nitrogens with zero attached hydrogens (tertiary/aromatic N) is 3. The van der Waals surface area contributed by atoms with Crippen LogP contribution in [0.25, 0.3) is 11.0 Å². The third-order valence-electron chi connectivity index (χ3n) is 4.18. The third-order valence-corrected chi connectivity index (χ3v) is 4.18. The lowest BCUT2D eigenvalue weighted by Crippen LogP contribution is -2.40. The van der Waals surface area contributed by atoms with Crippen LogP contribution in [0.15, 0.2) is 18.6 Å². The van der Waals surface area contributed by atoms with E-state index in [1.165, 1.54) is 0 Å². The molecule has 7 heteroatoms. The van der Waals surface area contributed by atoms with Crippen molar-refractivity contribution in [3.63, 3.8) is 0 Å². The van der Waals surface area contributed by atoms with Crippen LogP contribution in [0, 0.1) is 5.92 Å². The molecule has 3 heterocycles. The van der Waals surface area contributed by atoms with Gasteiger partial charge in [-0.05, 0) is 45.6 Å². The highest BCUT2D eigenvalue weighted by molar-refractivity contribution is 5.87. The van der Waals surface area contributed by atoms with Crippen molar-refractivity contribution in [3.05, 3.63) is 18.6 Å². The first-order valence-corrected chi connectivity index (χ1v) is 8.42. The molecule has 0 radical (unpaired) electrons. The first kappa shape index (κ1) is 16.5. The monoisotopic (exact) mass is 331 g/mol. The normalized spacial score (nSPS) is 16.4. The molecule has 1 saturated heterocycles. The Hall–Kier alpha value is -2.31. The molecule has 2 aromatic rings. The largest absolute Gasteiger partial charge is 0.444 e. The van der Waals surface area contributed by atoms with Crippen LogP contribution >= 0.6 is 0 Å². The fourth-order valence-electron chi connectivity index (χ4n) is 3.00. The Kier molecular flexibility index (Phi) is 4.59. The second kappa shape index (κ2) is 6.67. The van der Waals surface area contributed by atoms with Crippen molar-refractivity contribution in [3.8, 4) is 0 Å². The van der Waals surface area contributed by atoms with Gasteiger partial charge in [0.1, 0.15) is 23.4 Å². The minimum absolute atomic E-state index is 0.338. The summed E-state index contributed by atoms with van der Waals surface area (Å²) >= 11 is 0. The van der Waals surface area contributed by atoms with E-state index in [0.29, 0.717) is 12.5 Å². The van der Waals surface area contributed by atoms with Crippen LogP contribution in [-0.2, 0) is 4.74 Å². The average molecular weight is 331 g/mol. The van der Waals surface area contributed by atoms with E-state index in [4.69, 9.17) is 4.74 Å². The second-order valence-corrected chi connectivity index (χ2v) is 7.25. The van der Waals surface area contributed by atoms with Gasteiger partial charge in [-0.15, -0.1) is 0 Å². The summed E-state index contributed by atoms with van der Waals surface area (Å²) in [6.45, 7) is 8.12. The van der Waals surface area contributed by atoms with E-state index >= 15 is 0 Å². The van der Waals surface area contributed by atoms with Crippen LogP contribution in [-0.4, -0.2) is 46.3 Å². The molecule has 1 amide bonds. The van der Waals surface area contributed by atoms with Gasteiger partial charge in [-0.25, -0.2) is 14.8 Å². The Morgan fingerprint density at radius 3 is 2.83 bits per heavy atom. The van der Waals surface area contributed by atoms with Crippen LogP contribution in [0.1, 0.15) is 33.6 Å². The van der Waals surface area contributed by atoms with E-state index in [1.807, 2.05) is 33.0 Å². The summed E-state index contributed by atoms with van der Waals surface area (Å²) in [6.07, 6.45) is 5.19. The van der Waals surface area contributed by atoms with Crippen LogP contribution in [0.3, 0.4) is 0 Å². The first-order chi connectivity index (χ1) is 11.4. The predicted octanol–water partition coefficient (Wildman–Crippen LogP) is 2.70. The minimum atomic E-state index is -0.456. The van der Waals surface area contributed by atoms with E-state index < -0.39 is 5.60 Å². The maximum absolute atomic E-state index is 11.7. The molecule has 1 aliphatic rings. The molecule has 0 aliphatic carbocycles. The molecule has 0 unspecified atom stereocenters. The SMILES string of the molecule is CC(C)(C)OC(=O)NCC1CCN(c2ncnc3[nH]ccc23)CC1. The Balaban J connectivity index is 1.51. The minimum Gasteiger partial charge on any atom is -0.444 e. The first-order valence-electron chi connectivity index (χ1n) is 8.42. The molecule has 1 aliphatic heterocycles. The lowest BCUT2D eigenvalue weighted by atomic mass is 9.97. The number of H-pyrrole nitrogens is 1. The Morgan fingerprint density at radius 2 is 2.12 bits per heavy atom. The van der Waals surface area contributed by atoms with Gasteiger partial charge in [-0.2, -0.15) is 0 Å². The zero-order chi connectivity index (χ0) is 17.2. The summed E-state index contributed by atoms with van der Waals surface area (Å²) in [7, 11) is 0. The number of ether oxygens (including phenoxy) is 1. The molecule has 0 spiro atoms. The summed E-state index contributed by atoms with van der Waals surface area (Å²) in [6, 6.07) is 2.01. The smallest absolute Gasteiger partial charge is 0.407 e. The molecule has 2 N–H and O–H groups in total. The molecule has 0 aromatic carbocycles. The fraction of sp³-hybridized carbons (Fsp3) is 0.588. The number of piperidine rings is 1. The quantitative estimate of drug-likeness (QED) is 0.903. The predicted molar refractivity (Wildman–Crippen MR) is 93.1 cm³/mol. The van der Waals surface area contributed by atoms with Crippen molar-refractivity contribution in [2.45, 2.75) is 39.2 Å². The molecule has 130 valence electrons. The van der Waals surface area contributed by atoms with Crippen molar-refractivity contribution in [1.29, 1.82) is 0 Å². The number of alkyl carbamates (subject to hydrolysis) is 1. The van der Waals surface area contributed by atoms with Crippen molar-refractivity contribution < 1.29 is 9.53 Å². The second-order valence-electron chi connectivity index (χ2n) is 7.25. The van der Waals surface area contributed by atoms with E-state index in [2.05, 4.69) is 25.2 Å². The standard InChI is InChI=1S/C17H25N5O2/c1-17(2,3)24-16(23)19-10-12-5-8-22(9-6-12)15-13-4-7-18-14(13)20-11-21-15/h4,7,11-12H,5-6,8-10H2,1-3H3,(H,19,23)(H,18,20,21). The number of hydrogen-bond acceptors (Lipinski definition) is 5. The number of carbonyl (C=O) groups is 1. The molecule has 0 saturated carbocycles. The number of nitrogens with one attached hydrogen (secondary N) is 2. The number of carbonyl (C=O) groups excluding carboxylic acids is 1. The van der Waals surface area contributed by atoms with Gasteiger partial charge in [0.15, 0.2) is 0 Å². The lowest BCUT2D eigenvalue weighted by Gasteiger charge is -2.33. The fourth-order valence-corrected chi connectivity index (χ4v) is 3.00. The number of rotatable bonds is 3. The van der Waals surface area contributed by atoms with Gasteiger partial charge in [-0.3, -0.25) is 0 Å². The van der Waals surface area contributed by atoms with Crippen LogP contribution in [0.4, 0.5) is 10.6 Å². The molecule has 3 rings (SSSR count). The van der Waals surface area contributed by atoms with Gasteiger partial charge >= 0.3 is 6.09 Å². The highest BCUT2D eigenvalue weighted by atomic mass is 16.6. The summed E-state index contributed by atoms with van der Waals surface area (Å²) < 4.78 is 5.28. The summed E-state index contributed by atoms with van der Waals surface area (Å²) in [5.41, 5.74) is 0.413. The number of hydrogen-bond donors (Lipinski definition) is 2. The molecular formula is C17H25N5O2. The van der Waals surface area contributed by atoms with Crippen LogP contribution < -0.4 is 10.2 Å². The van der Waals surface area contributed by atoms with Gasteiger partial charge in [0.25, 0.3) is 0 Å². The topological polar surface area (TPSA) is 83.1 Å². The molecule has 0 bridgehead atoms. The Labute approximate surface area is 141 Å². The summed E-state index contributed by atoms with van der Waals surface area (Å²) in [4.78, 5) is 25.8.